The van der Waals surface area contributed by atoms with Gasteiger partial charge < -0.3 is 29.8 Å². The third-order valence-corrected chi connectivity index (χ3v) is 10.5. The third kappa shape index (κ3) is 7.79. The van der Waals surface area contributed by atoms with Gasteiger partial charge in [-0.1, -0.05) is 32.6 Å². The van der Waals surface area contributed by atoms with Crippen LogP contribution in [-0.2, 0) is 17.9 Å². The van der Waals surface area contributed by atoms with Crippen LogP contribution in [0.2, 0.25) is 25.7 Å². The van der Waals surface area contributed by atoms with E-state index in [1.54, 1.807) is 0 Å². The molecule has 1 aromatic carbocycles. The number of aromatic nitrogens is 3. The van der Waals surface area contributed by atoms with Crippen LogP contribution in [0.3, 0.4) is 0 Å². The van der Waals surface area contributed by atoms with Crippen molar-refractivity contribution in [1.29, 1.82) is 0 Å². The molecule has 11 heteroatoms. The Morgan fingerprint density at radius 2 is 1.75 bits per heavy atom. The number of nitrogens with zero attached hydrogens (tertiary/aromatic N) is 3. The minimum Gasteiger partial charge on any atom is -0.493 e. The summed E-state index contributed by atoms with van der Waals surface area (Å²) in [7, 11) is -1.29. The van der Waals surface area contributed by atoms with E-state index in [0.29, 0.717) is 55.9 Å². The molecule has 2 amide bonds. The number of carbonyl (C=O) groups is 2. The monoisotopic (exact) mass is 621 g/mol. The van der Waals surface area contributed by atoms with Gasteiger partial charge in [-0.25, -0.2) is 14.8 Å². The first kappa shape index (κ1) is 32.0. The molecule has 10 nitrogen and oxygen atoms in total. The van der Waals surface area contributed by atoms with Crippen LogP contribution in [-0.4, -0.2) is 65.0 Å². The van der Waals surface area contributed by atoms with Crippen LogP contribution >= 0.6 is 0 Å². The maximum Gasteiger partial charge on any atom is 0.404 e. The normalized spacial score (nSPS) is 18.8. The van der Waals surface area contributed by atoms with E-state index in [4.69, 9.17) is 19.6 Å². The summed E-state index contributed by atoms with van der Waals surface area (Å²) in [6.45, 7) is 12.7. The number of nitrogens with one attached hydrogen (secondary N) is 2. The van der Waals surface area contributed by atoms with Gasteiger partial charge in [0.15, 0.2) is 0 Å². The molecule has 5 rings (SSSR count). The number of ether oxygens (including phenoxy) is 2. The molecule has 238 valence electrons. The fraction of sp³-hybridized carbons (Fsp3) is 0.576. The van der Waals surface area contributed by atoms with Gasteiger partial charge in [-0.15, -0.1) is 0 Å². The quantitative estimate of drug-likeness (QED) is 0.149. The Morgan fingerprint density at radius 1 is 1.05 bits per heavy atom. The van der Waals surface area contributed by atoms with E-state index in [0.717, 1.165) is 40.7 Å². The van der Waals surface area contributed by atoms with Crippen molar-refractivity contribution in [3.8, 4) is 17.0 Å². The van der Waals surface area contributed by atoms with Gasteiger partial charge in [-0.2, -0.15) is 0 Å². The number of amides is 2. The Hall–Kier alpha value is -3.44. The first-order chi connectivity index (χ1) is 21.0. The predicted octanol–water partition coefficient (Wildman–Crippen LogP) is 6.38. The third-order valence-electron chi connectivity index (χ3n) is 8.81. The summed E-state index contributed by atoms with van der Waals surface area (Å²) in [5.74, 6) is 1.22. The van der Waals surface area contributed by atoms with Crippen molar-refractivity contribution in [3.05, 3.63) is 41.3 Å². The molecule has 0 radical (unpaired) electrons. The second kappa shape index (κ2) is 13.7. The van der Waals surface area contributed by atoms with E-state index in [2.05, 4.69) is 54.3 Å². The van der Waals surface area contributed by atoms with Crippen LogP contribution < -0.4 is 15.4 Å². The lowest BCUT2D eigenvalue weighted by Crippen LogP contribution is -2.43. The summed E-state index contributed by atoms with van der Waals surface area (Å²) in [5, 5.41) is 14.9. The molecule has 0 bridgehead atoms. The van der Waals surface area contributed by atoms with Crippen molar-refractivity contribution in [2.24, 2.45) is 5.92 Å². The van der Waals surface area contributed by atoms with E-state index in [-0.39, 0.29) is 24.7 Å². The van der Waals surface area contributed by atoms with Crippen molar-refractivity contribution in [2.75, 3.05) is 13.2 Å². The number of carbonyl (C=O) groups excluding carboxylic acids is 1. The molecule has 44 heavy (non-hydrogen) atoms. The lowest BCUT2D eigenvalue weighted by atomic mass is 9.91. The molecule has 2 heterocycles. The van der Waals surface area contributed by atoms with Gasteiger partial charge in [0.2, 0.25) is 0 Å². The molecule has 3 aromatic rings. The molecule has 2 aliphatic rings. The van der Waals surface area contributed by atoms with Gasteiger partial charge in [-0.3, -0.25) is 4.79 Å². The Kier molecular flexibility index (Phi) is 9.94. The van der Waals surface area contributed by atoms with E-state index in [1.807, 2.05) is 17.6 Å². The zero-order valence-corrected chi connectivity index (χ0v) is 27.7. The predicted molar refractivity (Wildman–Crippen MR) is 174 cm³/mol. The minimum atomic E-state index is -1.29. The number of aryl methyl sites for hydroxylation is 1. The number of carboxylic acid groups (broad SMARTS) is 1. The Bertz CT molecular complexity index is 1490. The molecular weight excluding hydrogens is 574 g/mol. The number of benzene rings is 1. The molecule has 2 aliphatic carbocycles. The molecule has 0 unspecified atom stereocenters. The van der Waals surface area contributed by atoms with Crippen LogP contribution in [0.15, 0.2) is 24.5 Å². The molecule has 0 spiro atoms. The van der Waals surface area contributed by atoms with E-state index in [9.17, 15) is 9.59 Å². The highest BCUT2D eigenvalue weighted by atomic mass is 28.3. The lowest BCUT2D eigenvalue weighted by Gasteiger charge is -2.28. The molecule has 2 saturated carbocycles. The SMILES string of the molecule is CCc1ccc(OCC2CC2)c(-c2ncnc3c(C(=O)N[C@H]4CC[C@@H](NC(=O)O)CC4)c(C)n(COCC[Si](C)(C)C)c23)c1. The largest absolute Gasteiger partial charge is 0.493 e. The first-order valence-corrected chi connectivity index (χ1v) is 19.7. The Morgan fingerprint density at radius 3 is 2.39 bits per heavy atom. The maximum atomic E-state index is 13.9. The minimum absolute atomic E-state index is 0.0369. The van der Waals surface area contributed by atoms with Crippen LogP contribution in [0.25, 0.3) is 22.3 Å². The summed E-state index contributed by atoms with van der Waals surface area (Å²) in [6, 6.07) is 7.21. The van der Waals surface area contributed by atoms with Crippen LogP contribution in [0.5, 0.6) is 5.75 Å². The number of fused-ring (bicyclic) bond motifs is 1. The highest BCUT2D eigenvalue weighted by Gasteiger charge is 2.29. The molecular formula is C33H47N5O5Si. The van der Waals surface area contributed by atoms with E-state index in [1.165, 1.54) is 24.7 Å². The van der Waals surface area contributed by atoms with E-state index >= 15 is 0 Å². The zero-order valence-electron chi connectivity index (χ0n) is 26.7. The Labute approximate surface area is 261 Å². The summed E-state index contributed by atoms with van der Waals surface area (Å²) in [6.07, 6.45) is 6.60. The second-order valence-electron chi connectivity index (χ2n) is 13.6. The molecule has 2 fully saturated rings. The average molecular weight is 622 g/mol. The number of hydrogen-bond acceptors (Lipinski definition) is 6. The molecule has 0 saturated heterocycles. The van der Waals surface area contributed by atoms with Crippen molar-refractivity contribution in [3.63, 3.8) is 0 Å². The van der Waals surface area contributed by atoms with Crippen molar-refractivity contribution in [1.82, 2.24) is 25.2 Å². The van der Waals surface area contributed by atoms with Gasteiger partial charge in [0.1, 0.15) is 30.0 Å². The number of hydrogen-bond donors (Lipinski definition) is 3. The first-order valence-electron chi connectivity index (χ1n) is 16.0. The topological polar surface area (TPSA) is 128 Å². The molecule has 3 N–H and O–H groups in total. The highest BCUT2D eigenvalue weighted by molar-refractivity contribution is 6.76. The summed E-state index contributed by atoms with van der Waals surface area (Å²) >= 11 is 0. The highest BCUT2D eigenvalue weighted by Crippen LogP contribution is 2.38. The fourth-order valence-electron chi connectivity index (χ4n) is 5.87. The lowest BCUT2D eigenvalue weighted by molar-refractivity contribution is 0.0877. The standard InChI is InChI=1S/C33H47N5O5Si/c1-6-22-9-14-27(43-18-23-7-8-23)26(17-22)29-31-30(35-19-34-29)28(21(2)38(31)20-42-15-16-44(3,4)5)32(39)36-24-10-12-25(13-11-24)37-33(40)41/h9,14,17,19,23-25,37H,6-8,10-13,15-16,18,20H2,1-5H3,(H,36,39)(H,40,41)/t24-,25+. The second-order valence-corrected chi connectivity index (χ2v) is 19.2. The zero-order chi connectivity index (χ0) is 31.4. The van der Waals surface area contributed by atoms with Gasteiger partial charge in [-0.05, 0) is 81.5 Å². The molecule has 0 atom stereocenters. The Balaban J connectivity index is 1.51. The summed E-state index contributed by atoms with van der Waals surface area (Å²) < 4.78 is 14.6. The van der Waals surface area contributed by atoms with Crippen molar-refractivity contribution in [2.45, 2.75) is 103 Å². The molecule has 0 aliphatic heterocycles. The van der Waals surface area contributed by atoms with Crippen LogP contribution in [0, 0.1) is 12.8 Å². The van der Waals surface area contributed by atoms with Crippen molar-refractivity contribution >= 4 is 31.1 Å². The van der Waals surface area contributed by atoms with Gasteiger partial charge in [0.05, 0.1) is 17.7 Å². The van der Waals surface area contributed by atoms with Gasteiger partial charge in [0, 0.05) is 38.0 Å². The van der Waals surface area contributed by atoms with Crippen LogP contribution in [0.1, 0.15) is 67.1 Å². The number of rotatable bonds is 13. The van der Waals surface area contributed by atoms with Gasteiger partial charge >= 0.3 is 6.09 Å². The fourth-order valence-corrected chi connectivity index (χ4v) is 6.63. The molecule has 2 aromatic heterocycles. The van der Waals surface area contributed by atoms with Crippen LogP contribution in [0.4, 0.5) is 4.79 Å². The summed E-state index contributed by atoms with van der Waals surface area (Å²) in [4.78, 5) is 34.5. The maximum absolute atomic E-state index is 13.9. The summed E-state index contributed by atoms with van der Waals surface area (Å²) in [5.41, 5.74) is 5.47. The van der Waals surface area contributed by atoms with Gasteiger partial charge in [0.25, 0.3) is 5.91 Å². The average Bonchev–Trinajstić information content (AvgIpc) is 3.76. The smallest absolute Gasteiger partial charge is 0.404 e. The van der Waals surface area contributed by atoms with E-state index < -0.39 is 14.2 Å². The van der Waals surface area contributed by atoms with Crippen molar-refractivity contribution < 1.29 is 24.2 Å².